The normalized spacial score (nSPS) is 12.7. The topological polar surface area (TPSA) is 68.5 Å². The summed E-state index contributed by atoms with van der Waals surface area (Å²) in [5.41, 5.74) is 1.81. The van der Waals surface area contributed by atoms with Gasteiger partial charge in [0, 0.05) is 12.1 Å². The standard InChI is InChI=1S/C17H14ClFN2O3S2/c1-10-7-11(18)8-14-16(10)21(2)17(25-14)20-15(22)9-26(23,24)13-5-3-12(19)4-6-13/h3-8H,9H2,1-2H3. The second-order valence-electron chi connectivity index (χ2n) is 5.73. The van der Waals surface area contributed by atoms with Crippen molar-refractivity contribution in [3.63, 3.8) is 0 Å². The molecule has 9 heteroatoms. The Morgan fingerprint density at radius 1 is 1.27 bits per heavy atom. The third kappa shape index (κ3) is 3.72. The Morgan fingerprint density at radius 2 is 1.92 bits per heavy atom. The first kappa shape index (κ1) is 18.8. The van der Waals surface area contributed by atoms with Crippen LogP contribution in [0.5, 0.6) is 0 Å². The molecule has 0 saturated heterocycles. The molecule has 136 valence electrons. The lowest BCUT2D eigenvalue weighted by Crippen LogP contribution is -2.19. The zero-order valence-electron chi connectivity index (χ0n) is 13.9. The van der Waals surface area contributed by atoms with Crippen molar-refractivity contribution in [2.75, 3.05) is 5.75 Å². The van der Waals surface area contributed by atoms with E-state index >= 15 is 0 Å². The van der Waals surface area contributed by atoms with E-state index in [0.717, 1.165) is 40.0 Å². The fraction of sp³-hybridized carbons (Fsp3) is 0.176. The predicted octanol–water partition coefficient (Wildman–Crippen LogP) is 3.24. The Morgan fingerprint density at radius 3 is 2.58 bits per heavy atom. The zero-order valence-corrected chi connectivity index (χ0v) is 16.3. The fourth-order valence-corrected chi connectivity index (χ4v) is 5.20. The quantitative estimate of drug-likeness (QED) is 0.620. The molecule has 0 unspecified atom stereocenters. The minimum atomic E-state index is -3.89. The van der Waals surface area contributed by atoms with Crippen LogP contribution in [-0.4, -0.2) is 24.6 Å². The number of nitrogens with zero attached hydrogens (tertiary/aromatic N) is 2. The van der Waals surface area contributed by atoms with E-state index < -0.39 is 27.3 Å². The highest BCUT2D eigenvalue weighted by Crippen LogP contribution is 2.25. The van der Waals surface area contributed by atoms with E-state index in [9.17, 15) is 17.6 Å². The van der Waals surface area contributed by atoms with Crippen LogP contribution in [-0.2, 0) is 21.7 Å². The Bertz CT molecular complexity index is 1180. The van der Waals surface area contributed by atoms with E-state index in [1.165, 1.54) is 11.3 Å². The first-order valence-corrected chi connectivity index (χ1v) is 10.3. The average Bonchev–Trinajstić information content (AvgIpc) is 2.82. The van der Waals surface area contributed by atoms with E-state index in [2.05, 4.69) is 4.99 Å². The molecule has 0 N–H and O–H groups in total. The average molecular weight is 413 g/mol. The van der Waals surface area contributed by atoms with Crippen molar-refractivity contribution in [3.8, 4) is 0 Å². The summed E-state index contributed by atoms with van der Waals surface area (Å²) in [6.07, 6.45) is 0. The first-order valence-electron chi connectivity index (χ1n) is 7.49. The van der Waals surface area contributed by atoms with Gasteiger partial charge >= 0.3 is 0 Å². The smallest absolute Gasteiger partial charge is 0.263 e. The van der Waals surface area contributed by atoms with Gasteiger partial charge in [0.05, 0.1) is 15.1 Å². The number of aromatic nitrogens is 1. The van der Waals surface area contributed by atoms with Crippen LogP contribution in [0.3, 0.4) is 0 Å². The molecule has 0 fully saturated rings. The van der Waals surface area contributed by atoms with Crippen molar-refractivity contribution in [1.82, 2.24) is 4.57 Å². The van der Waals surface area contributed by atoms with Crippen LogP contribution in [0.15, 0.2) is 46.3 Å². The third-order valence-electron chi connectivity index (χ3n) is 3.76. The van der Waals surface area contributed by atoms with Crippen molar-refractivity contribution in [1.29, 1.82) is 0 Å². The molecular weight excluding hydrogens is 399 g/mol. The summed E-state index contributed by atoms with van der Waals surface area (Å²) in [5, 5.41) is 0.577. The zero-order chi connectivity index (χ0) is 19.1. The molecule has 3 rings (SSSR count). The van der Waals surface area contributed by atoms with Gasteiger partial charge in [-0.3, -0.25) is 4.79 Å². The van der Waals surface area contributed by atoms with Gasteiger partial charge in [0.1, 0.15) is 11.6 Å². The molecule has 5 nitrogen and oxygen atoms in total. The van der Waals surface area contributed by atoms with Crippen LogP contribution in [0.1, 0.15) is 5.56 Å². The van der Waals surface area contributed by atoms with Gasteiger partial charge in [0.15, 0.2) is 14.6 Å². The summed E-state index contributed by atoms with van der Waals surface area (Å²) in [6.45, 7) is 1.89. The number of halogens is 2. The van der Waals surface area contributed by atoms with E-state index in [0.29, 0.717) is 9.82 Å². The fourth-order valence-electron chi connectivity index (χ4n) is 2.60. The van der Waals surface area contributed by atoms with Crippen LogP contribution in [0.4, 0.5) is 4.39 Å². The first-order chi connectivity index (χ1) is 12.2. The van der Waals surface area contributed by atoms with Crippen LogP contribution < -0.4 is 4.80 Å². The molecule has 0 saturated carbocycles. The Balaban J connectivity index is 1.96. The summed E-state index contributed by atoms with van der Waals surface area (Å²) < 4.78 is 40.1. The lowest BCUT2D eigenvalue weighted by atomic mass is 10.2. The SMILES string of the molecule is Cc1cc(Cl)cc2sc(=NC(=O)CS(=O)(=O)c3ccc(F)cc3)n(C)c12. The van der Waals surface area contributed by atoms with E-state index in [-0.39, 0.29) is 4.90 Å². The second kappa shape index (κ2) is 6.94. The van der Waals surface area contributed by atoms with Gasteiger partial charge in [-0.1, -0.05) is 22.9 Å². The van der Waals surface area contributed by atoms with Crippen molar-refractivity contribution in [3.05, 3.63) is 57.6 Å². The summed E-state index contributed by atoms with van der Waals surface area (Å²) in [4.78, 5) is 16.4. The molecule has 0 atom stereocenters. The van der Waals surface area contributed by atoms with Crippen LogP contribution in [0.25, 0.3) is 10.2 Å². The molecule has 0 aliphatic heterocycles. The lowest BCUT2D eigenvalue weighted by molar-refractivity contribution is -0.115. The highest BCUT2D eigenvalue weighted by molar-refractivity contribution is 7.92. The molecular formula is C17H14ClFN2O3S2. The van der Waals surface area contributed by atoms with E-state index in [1.807, 2.05) is 6.92 Å². The molecule has 1 heterocycles. The summed E-state index contributed by atoms with van der Waals surface area (Å²) >= 11 is 7.30. The van der Waals surface area contributed by atoms with Crippen molar-refractivity contribution in [2.45, 2.75) is 11.8 Å². The van der Waals surface area contributed by atoms with Gasteiger partial charge in [-0.05, 0) is 48.9 Å². The lowest BCUT2D eigenvalue weighted by Gasteiger charge is -2.02. The number of fused-ring (bicyclic) bond motifs is 1. The molecule has 3 aromatic rings. The number of carbonyl (C=O) groups excluding carboxylic acids is 1. The number of benzene rings is 2. The highest BCUT2D eigenvalue weighted by Gasteiger charge is 2.19. The number of amides is 1. The molecule has 0 radical (unpaired) electrons. The number of hydrogen-bond donors (Lipinski definition) is 0. The Labute approximate surface area is 158 Å². The van der Waals surface area contributed by atoms with Crippen LogP contribution >= 0.6 is 22.9 Å². The van der Waals surface area contributed by atoms with E-state index in [4.69, 9.17) is 11.6 Å². The largest absolute Gasteiger partial charge is 0.319 e. The number of thiazole rings is 1. The van der Waals surface area contributed by atoms with Gasteiger partial charge in [0.2, 0.25) is 0 Å². The minimum absolute atomic E-state index is 0.120. The molecule has 1 aromatic heterocycles. The van der Waals surface area contributed by atoms with Crippen LogP contribution in [0, 0.1) is 12.7 Å². The number of rotatable bonds is 3. The van der Waals surface area contributed by atoms with E-state index in [1.54, 1.807) is 23.7 Å². The molecule has 1 amide bonds. The minimum Gasteiger partial charge on any atom is -0.319 e. The summed E-state index contributed by atoms with van der Waals surface area (Å²) in [7, 11) is -2.14. The van der Waals surface area contributed by atoms with Crippen molar-refractivity contribution < 1.29 is 17.6 Å². The van der Waals surface area contributed by atoms with Crippen molar-refractivity contribution >= 4 is 48.9 Å². The number of carbonyl (C=O) groups is 1. The molecule has 26 heavy (non-hydrogen) atoms. The maximum atomic E-state index is 12.9. The van der Waals surface area contributed by atoms with Crippen LogP contribution in [0.2, 0.25) is 5.02 Å². The monoisotopic (exact) mass is 412 g/mol. The molecule has 2 aromatic carbocycles. The summed E-state index contributed by atoms with van der Waals surface area (Å²) in [6, 6.07) is 7.90. The Hall–Kier alpha value is -2.03. The summed E-state index contributed by atoms with van der Waals surface area (Å²) in [5.74, 6) is -2.13. The van der Waals surface area contributed by atoms with Gasteiger partial charge < -0.3 is 4.57 Å². The van der Waals surface area contributed by atoms with Gasteiger partial charge in [-0.15, -0.1) is 0 Å². The second-order valence-corrected chi connectivity index (χ2v) is 9.17. The maximum absolute atomic E-state index is 12.9. The number of sulfone groups is 1. The van der Waals surface area contributed by atoms with Gasteiger partial charge in [-0.25, -0.2) is 12.8 Å². The third-order valence-corrected chi connectivity index (χ3v) is 6.67. The maximum Gasteiger partial charge on any atom is 0.263 e. The molecule has 0 aliphatic rings. The Kier molecular flexibility index (Phi) is 5.01. The van der Waals surface area contributed by atoms with Gasteiger partial charge in [-0.2, -0.15) is 4.99 Å². The van der Waals surface area contributed by atoms with Gasteiger partial charge in [0.25, 0.3) is 5.91 Å². The van der Waals surface area contributed by atoms with Crippen molar-refractivity contribution in [2.24, 2.45) is 12.0 Å². The highest BCUT2D eigenvalue weighted by atomic mass is 35.5. The molecule has 0 bridgehead atoms. The number of hydrogen-bond acceptors (Lipinski definition) is 4. The molecule has 0 aliphatic carbocycles. The predicted molar refractivity (Wildman–Crippen MR) is 99.6 cm³/mol. The number of aryl methyl sites for hydroxylation is 2. The molecule has 0 spiro atoms.